The molecule has 2 nitrogen and oxygen atoms in total. The van der Waals surface area contributed by atoms with Gasteiger partial charge in [0.25, 0.3) is 0 Å². The number of benzene rings is 2. The zero-order chi connectivity index (χ0) is 12.3. The van der Waals surface area contributed by atoms with Crippen molar-refractivity contribution < 1.29 is 9.13 Å². The van der Waals surface area contributed by atoms with Gasteiger partial charge in [-0.15, -0.1) is 0 Å². The summed E-state index contributed by atoms with van der Waals surface area (Å²) in [5, 5.41) is 0.522. The van der Waals surface area contributed by atoms with Crippen LogP contribution in [0.4, 0.5) is 4.39 Å². The fourth-order valence-corrected chi connectivity index (χ4v) is 1.60. The molecule has 88 valence electrons. The summed E-state index contributed by atoms with van der Waals surface area (Å²) in [5.74, 6) is 0.213. The van der Waals surface area contributed by atoms with Gasteiger partial charge in [0.15, 0.2) is 11.6 Å². The van der Waals surface area contributed by atoms with Gasteiger partial charge in [0.05, 0.1) is 0 Å². The second-order valence-electron chi connectivity index (χ2n) is 3.49. The lowest BCUT2D eigenvalue weighted by molar-refractivity contribution is 0.438. The number of ether oxygens (including phenoxy) is 1. The Kier molecular flexibility index (Phi) is 3.61. The van der Waals surface area contributed by atoms with E-state index in [1.807, 2.05) is 0 Å². The standard InChI is InChI=1S/C13H11ClFNO/c14-10-6-5-9(8-16)13(7-10)17-12-4-2-1-3-11(12)15/h1-7H,8,16H2. The molecule has 0 amide bonds. The van der Waals surface area contributed by atoms with Crippen molar-refractivity contribution in [1.82, 2.24) is 0 Å². The molecule has 0 aromatic heterocycles. The van der Waals surface area contributed by atoms with E-state index in [0.717, 1.165) is 5.56 Å². The molecule has 0 aliphatic carbocycles. The van der Waals surface area contributed by atoms with E-state index >= 15 is 0 Å². The Bertz CT molecular complexity index is 531. The fourth-order valence-electron chi connectivity index (χ4n) is 1.44. The molecule has 0 spiro atoms. The zero-order valence-electron chi connectivity index (χ0n) is 8.99. The molecule has 0 radical (unpaired) electrons. The molecule has 0 aliphatic rings. The van der Waals surface area contributed by atoms with Crippen molar-refractivity contribution in [2.75, 3.05) is 0 Å². The van der Waals surface area contributed by atoms with Crippen LogP contribution < -0.4 is 10.5 Å². The average molecular weight is 252 g/mol. The van der Waals surface area contributed by atoms with Crippen LogP contribution in [-0.2, 0) is 6.54 Å². The van der Waals surface area contributed by atoms with Crippen molar-refractivity contribution in [3.63, 3.8) is 0 Å². The Labute approximate surface area is 104 Å². The first-order valence-electron chi connectivity index (χ1n) is 5.11. The number of nitrogens with two attached hydrogens (primary N) is 1. The second-order valence-corrected chi connectivity index (χ2v) is 3.93. The van der Waals surface area contributed by atoms with Gasteiger partial charge in [-0.25, -0.2) is 4.39 Å². The molecule has 0 unspecified atom stereocenters. The molecule has 0 saturated heterocycles. The highest BCUT2D eigenvalue weighted by Crippen LogP contribution is 2.29. The minimum absolute atomic E-state index is 0.157. The number of hydrogen-bond acceptors (Lipinski definition) is 2. The van der Waals surface area contributed by atoms with Crippen molar-refractivity contribution in [3.8, 4) is 11.5 Å². The van der Waals surface area contributed by atoms with Crippen LogP contribution >= 0.6 is 11.6 Å². The van der Waals surface area contributed by atoms with Crippen LogP contribution in [0, 0.1) is 5.82 Å². The molecule has 0 aliphatic heterocycles. The average Bonchev–Trinajstić information content (AvgIpc) is 2.32. The summed E-state index contributed by atoms with van der Waals surface area (Å²) in [5.41, 5.74) is 6.35. The number of para-hydroxylation sites is 1. The van der Waals surface area contributed by atoms with Crippen molar-refractivity contribution in [2.45, 2.75) is 6.54 Å². The maximum atomic E-state index is 13.4. The summed E-state index contributed by atoms with van der Waals surface area (Å²) in [6, 6.07) is 11.3. The van der Waals surface area contributed by atoms with Gasteiger partial charge in [-0.1, -0.05) is 29.8 Å². The first-order chi connectivity index (χ1) is 8.20. The minimum atomic E-state index is -0.421. The number of halogens is 2. The highest BCUT2D eigenvalue weighted by Gasteiger charge is 2.07. The van der Waals surface area contributed by atoms with Crippen LogP contribution in [-0.4, -0.2) is 0 Å². The summed E-state index contributed by atoms with van der Waals surface area (Å²) < 4.78 is 18.9. The monoisotopic (exact) mass is 251 g/mol. The second kappa shape index (κ2) is 5.17. The molecule has 0 bridgehead atoms. The van der Waals surface area contributed by atoms with E-state index in [0.29, 0.717) is 17.3 Å². The largest absolute Gasteiger partial charge is 0.454 e. The Hall–Kier alpha value is -1.58. The molecule has 17 heavy (non-hydrogen) atoms. The fraction of sp³-hybridized carbons (Fsp3) is 0.0769. The highest BCUT2D eigenvalue weighted by molar-refractivity contribution is 6.30. The molecule has 0 saturated carbocycles. The van der Waals surface area contributed by atoms with E-state index in [2.05, 4.69) is 0 Å². The van der Waals surface area contributed by atoms with Gasteiger partial charge >= 0.3 is 0 Å². The predicted octanol–water partition coefficient (Wildman–Crippen LogP) is 3.73. The van der Waals surface area contributed by atoms with E-state index < -0.39 is 5.82 Å². The molecule has 2 aromatic rings. The van der Waals surface area contributed by atoms with Crippen molar-refractivity contribution in [1.29, 1.82) is 0 Å². The molecule has 2 rings (SSSR count). The lowest BCUT2D eigenvalue weighted by Crippen LogP contribution is -1.99. The first-order valence-corrected chi connectivity index (χ1v) is 5.49. The molecule has 2 N–H and O–H groups in total. The summed E-state index contributed by atoms with van der Waals surface area (Å²) in [6.45, 7) is 0.307. The maximum absolute atomic E-state index is 13.4. The minimum Gasteiger partial charge on any atom is -0.454 e. The van der Waals surface area contributed by atoms with Crippen LogP contribution in [0.1, 0.15) is 5.56 Å². The third kappa shape index (κ3) is 2.75. The van der Waals surface area contributed by atoms with Gasteiger partial charge in [-0.3, -0.25) is 0 Å². The molecule has 0 heterocycles. The topological polar surface area (TPSA) is 35.2 Å². The SMILES string of the molecule is NCc1ccc(Cl)cc1Oc1ccccc1F. The molecular weight excluding hydrogens is 241 g/mol. The molecule has 0 fully saturated rings. The number of rotatable bonds is 3. The van der Waals surface area contributed by atoms with Crippen LogP contribution in [0.15, 0.2) is 42.5 Å². The zero-order valence-corrected chi connectivity index (χ0v) is 9.75. The quantitative estimate of drug-likeness (QED) is 0.902. The Morgan fingerprint density at radius 3 is 2.59 bits per heavy atom. The Morgan fingerprint density at radius 1 is 1.12 bits per heavy atom. The maximum Gasteiger partial charge on any atom is 0.165 e. The van der Waals surface area contributed by atoms with Crippen LogP contribution in [0.3, 0.4) is 0 Å². The molecule has 0 atom stereocenters. The van der Waals surface area contributed by atoms with Gasteiger partial charge in [-0.2, -0.15) is 0 Å². The van der Waals surface area contributed by atoms with Gasteiger partial charge in [0, 0.05) is 17.1 Å². The summed E-state index contributed by atoms with van der Waals surface area (Å²) in [7, 11) is 0. The van der Waals surface area contributed by atoms with E-state index in [-0.39, 0.29) is 5.75 Å². The van der Waals surface area contributed by atoms with Crippen LogP contribution in [0.25, 0.3) is 0 Å². The Morgan fingerprint density at radius 2 is 1.88 bits per heavy atom. The van der Waals surface area contributed by atoms with Gasteiger partial charge in [0.2, 0.25) is 0 Å². The summed E-state index contributed by atoms with van der Waals surface area (Å²) in [4.78, 5) is 0. The third-order valence-electron chi connectivity index (χ3n) is 2.31. The van der Waals surface area contributed by atoms with E-state index in [1.54, 1.807) is 36.4 Å². The van der Waals surface area contributed by atoms with E-state index in [1.165, 1.54) is 6.07 Å². The Balaban J connectivity index is 2.35. The lowest BCUT2D eigenvalue weighted by Gasteiger charge is -2.10. The molecule has 2 aromatic carbocycles. The van der Waals surface area contributed by atoms with Gasteiger partial charge in [0.1, 0.15) is 5.75 Å². The highest BCUT2D eigenvalue weighted by atomic mass is 35.5. The molecule has 4 heteroatoms. The smallest absolute Gasteiger partial charge is 0.165 e. The predicted molar refractivity (Wildman–Crippen MR) is 65.8 cm³/mol. The summed E-state index contributed by atoms with van der Waals surface area (Å²) in [6.07, 6.45) is 0. The van der Waals surface area contributed by atoms with Crippen molar-refractivity contribution in [2.24, 2.45) is 5.73 Å². The van der Waals surface area contributed by atoms with Crippen LogP contribution in [0.2, 0.25) is 5.02 Å². The van der Waals surface area contributed by atoms with Crippen molar-refractivity contribution >= 4 is 11.6 Å². The number of hydrogen-bond donors (Lipinski definition) is 1. The lowest BCUT2D eigenvalue weighted by atomic mass is 10.2. The van der Waals surface area contributed by atoms with E-state index in [4.69, 9.17) is 22.1 Å². The first kappa shape index (κ1) is 11.9. The summed E-state index contributed by atoms with van der Waals surface area (Å²) >= 11 is 5.87. The molecular formula is C13H11ClFNO. The van der Waals surface area contributed by atoms with Gasteiger partial charge < -0.3 is 10.5 Å². The normalized spacial score (nSPS) is 10.3. The van der Waals surface area contributed by atoms with Crippen LogP contribution in [0.5, 0.6) is 11.5 Å². The van der Waals surface area contributed by atoms with Gasteiger partial charge in [-0.05, 0) is 24.3 Å². The third-order valence-corrected chi connectivity index (χ3v) is 2.54. The van der Waals surface area contributed by atoms with E-state index in [9.17, 15) is 4.39 Å². The van der Waals surface area contributed by atoms with Crippen molar-refractivity contribution in [3.05, 3.63) is 58.9 Å².